The van der Waals surface area contributed by atoms with Crippen LogP contribution >= 0.6 is 24.4 Å². The molecule has 116 valence electrons. The molecule has 0 spiro atoms. The highest BCUT2D eigenvalue weighted by Gasteiger charge is 2.03. The fraction of sp³-hybridized carbons (Fsp3) is 0.200. The quantitative estimate of drug-likeness (QED) is 0.508. The van der Waals surface area contributed by atoms with Gasteiger partial charge in [0.15, 0.2) is 10.2 Å². The number of hydrogen-bond donors (Lipinski definition) is 4. The van der Waals surface area contributed by atoms with E-state index in [-0.39, 0.29) is 0 Å². The monoisotopic (exact) mass is 334 g/mol. The summed E-state index contributed by atoms with van der Waals surface area (Å²) in [5.74, 6) is 0.806. The van der Waals surface area contributed by atoms with Crippen LogP contribution in [0.15, 0.2) is 41.0 Å². The lowest BCUT2D eigenvalue weighted by atomic mass is 10.1. The summed E-state index contributed by atoms with van der Waals surface area (Å²) >= 11 is 10.4. The Morgan fingerprint density at radius 3 is 2.59 bits per heavy atom. The van der Waals surface area contributed by atoms with Crippen LogP contribution in [0, 0.1) is 13.8 Å². The maximum atomic E-state index is 5.23. The summed E-state index contributed by atoms with van der Waals surface area (Å²) in [6.07, 6.45) is 1.62. The Labute approximate surface area is 140 Å². The van der Waals surface area contributed by atoms with Crippen LogP contribution in [0.25, 0.3) is 0 Å². The van der Waals surface area contributed by atoms with Crippen molar-refractivity contribution in [3.8, 4) is 0 Å². The zero-order chi connectivity index (χ0) is 15.9. The first-order valence-corrected chi connectivity index (χ1v) is 7.57. The lowest BCUT2D eigenvalue weighted by Crippen LogP contribution is -2.48. The van der Waals surface area contributed by atoms with E-state index >= 15 is 0 Å². The summed E-state index contributed by atoms with van der Waals surface area (Å²) in [6, 6.07) is 9.84. The minimum Gasteiger partial charge on any atom is -0.467 e. The van der Waals surface area contributed by atoms with Crippen molar-refractivity contribution in [2.24, 2.45) is 0 Å². The van der Waals surface area contributed by atoms with E-state index in [9.17, 15) is 0 Å². The molecule has 0 saturated heterocycles. The van der Waals surface area contributed by atoms with E-state index in [0.717, 1.165) is 17.0 Å². The fourth-order valence-corrected chi connectivity index (χ4v) is 2.05. The van der Waals surface area contributed by atoms with E-state index in [1.165, 1.54) is 5.56 Å². The average Bonchev–Trinajstić information content (AvgIpc) is 3.00. The highest BCUT2D eigenvalue weighted by Crippen LogP contribution is 2.15. The molecule has 0 saturated carbocycles. The second kappa shape index (κ2) is 7.77. The first-order valence-electron chi connectivity index (χ1n) is 6.75. The van der Waals surface area contributed by atoms with Crippen molar-refractivity contribution in [2.75, 3.05) is 5.32 Å². The molecule has 0 aliphatic heterocycles. The highest BCUT2D eigenvalue weighted by atomic mass is 32.1. The molecule has 0 atom stereocenters. The van der Waals surface area contributed by atoms with Gasteiger partial charge in [0.1, 0.15) is 5.76 Å². The second-order valence-electron chi connectivity index (χ2n) is 4.78. The molecule has 2 rings (SSSR count). The van der Waals surface area contributed by atoms with Gasteiger partial charge in [-0.25, -0.2) is 0 Å². The van der Waals surface area contributed by atoms with Crippen molar-refractivity contribution in [3.63, 3.8) is 0 Å². The number of hydrogen-bond acceptors (Lipinski definition) is 3. The molecule has 5 nitrogen and oxygen atoms in total. The summed E-state index contributed by atoms with van der Waals surface area (Å²) in [5.41, 5.74) is 8.92. The molecular formula is C15H18N4OS2. The maximum absolute atomic E-state index is 5.23. The Kier molecular flexibility index (Phi) is 5.74. The van der Waals surface area contributed by atoms with E-state index in [1.54, 1.807) is 6.26 Å². The predicted octanol–water partition coefficient (Wildman–Crippen LogP) is 2.76. The molecule has 0 aliphatic carbocycles. The summed E-state index contributed by atoms with van der Waals surface area (Å²) in [7, 11) is 0. The van der Waals surface area contributed by atoms with Crippen molar-refractivity contribution < 1.29 is 4.42 Å². The molecular weight excluding hydrogens is 316 g/mol. The van der Waals surface area contributed by atoms with Gasteiger partial charge in [0, 0.05) is 5.69 Å². The Morgan fingerprint density at radius 1 is 1.09 bits per heavy atom. The lowest BCUT2D eigenvalue weighted by Gasteiger charge is -2.15. The van der Waals surface area contributed by atoms with Crippen molar-refractivity contribution in [1.29, 1.82) is 0 Å². The van der Waals surface area contributed by atoms with Crippen LogP contribution in [-0.2, 0) is 6.54 Å². The van der Waals surface area contributed by atoms with Gasteiger partial charge >= 0.3 is 0 Å². The highest BCUT2D eigenvalue weighted by molar-refractivity contribution is 7.80. The van der Waals surface area contributed by atoms with Gasteiger partial charge in [-0.1, -0.05) is 12.1 Å². The fourth-order valence-electron chi connectivity index (χ4n) is 1.76. The SMILES string of the molecule is Cc1ccc(C)c(NC(=S)NNC(=S)NCc2ccco2)c1. The molecule has 4 N–H and O–H groups in total. The van der Waals surface area contributed by atoms with Gasteiger partial charge in [0.2, 0.25) is 0 Å². The molecule has 0 unspecified atom stereocenters. The third-order valence-electron chi connectivity index (χ3n) is 2.93. The van der Waals surface area contributed by atoms with Crippen LogP contribution in [0.1, 0.15) is 16.9 Å². The Balaban J connectivity index is 1.75. The third-order valence-corrected chi connectivity index (χ3v) is 3.38. The predicted molar refractivity (Wildman–Crippen MR) is 96.6 cm³/mol. The van der Waals surface area contributed by atoms with Crippen molar-refractivity contribution in [2.45, 2.75) is 20.4 Å². The zero-order valence-electron chi connectivity index (χ0n) is 12.4. The number of thiocarbonyl (C=S) groups is 2. The number of furan rings is 1. The lowest BCUT2D eigenvalue weighted by molar-refractivity contribution is 0.502. The zero-order valence-corrected chi connectivity index (χ0v) is 14.0. The van der Waals surface area contributed by atoms with Crippen LogP contribution < -0.4 is 21.5 Å². The Morgan fingerprint density at radius 2 is 1.86 bits per heavy atom. The first kappa shape index (κ1) is 16.3. The van der Waals surface area contributed by atoms with E-state index in [4.69, 9.17) is 28.9 Å². The van der Waals surface area contributed by atoms with Gasteiger partial charge in [0.05, 0.1) is 12.8 Å². The molecule has 0 aliphatic rings. The van der Waals surface area contributed by atoms with Crippen molar-refractivity contribution in [3.05, 3.63) is 53.5 Å². The number of hydrazine groups is 1. The van der Waals surface area contributed by atoms with Gasteiger partial charge < -0.3 is 15.1 Å². The number of benzene rings is 1. The normalized spacial score (nSPS) is 9.91. The van der Waals surface area contributed by atoms with Crippen LogP contribution in [0.2, 0.25) is 0 Å². The average molecular weight is 334 g/mol. The maximum Gasteiger partial charge on any atom is 0.189 e. The number of anilines is 1. The number of nitrogens with one attached hydrogen (secondary N) is 4. The van der Waals surface area contributed by atoms with Crippen LogP contribution in [0.4, 0.5) is 5.69 Å². The minimum absolute atomic E-state index is 0.432. The van der Waals surface area contributed by atoms with Crippen LogP contribution in [0.3, 0.4) is 0 Å². The van der Waals surface area contributed by atoms with E-state index in [2.05, 4.69) is 27.6 Å². The molecule has 1 aromatic carbocycles. The molecule has 1 heterocycles. The molecule has 22 heavy (non-hydrogen) atoms. The van der Waals surface area contributed by atoms with Gasteiger partial charge in [-0.05, 0) is 67.6 Å². The van der Waals surface area contributed by atoms with Gasteiger partial charge in [-0.2, -0.15) is 0 Å². The summed E-state index contributed by atoms with van der Waals surface area (Å²) in [4.78, 5) is 0. The second-order valence-corrected chi connectivity index (χ2v) is 5.60. The van der Waals surface area contributed by atoms with Crippen LogP contribution in [0.5, 0.6) is 0 Å². The van der Waals surface area contributed by atoms with E-state index < -0.39 is 0 Å². The molecule has 2 aromatic rings. The molecule has 0 bridgehead atoms. The standard InChI is InChI=1S/C15H18N4OS2/c1-10-5-6-11(2)13(8-10)17-15(22)19-18-14(21)16-9-12-4-3-7-20-12/h3-8H,9H2,1-2H3,(H2,16,18,21)(H2,17,19,22). The summed E-state index contributed by atoms with van der Waals surface area (Å²) in [6.45, 7) is 4.57. The van der Waals surface area contributed by atoms with Gasteiger partial charge in [0.25, 0.3) is 0 Å². The Bertz CT molecular complexity index is 656. The topological polar surface area (TPSA) is 61.3 Å². The summed E-state index contributed by atoms with van der Waals surface area (Å²) < 4.78 is 5.20. The Hall–Kier alpha value is -2.12. The molecule has 7 heteroatoms. The largest absolute Gasteiger partial charge is 0.467 e. The molecule has 0 fully saturated rings. The number of rotatable bonds is 3. The smallest absolute Gasteiger partial charge is 0.189 e. The molecule has 1 aromatic heterocycles. The van der Waals surface area contributed by atoms with Crippen molar-refractivity contribution in [1.82, 2.24) is 16.2 Å². The first-order chi connectivity index (χ1) is 10.5. The van der Waals surface area contributed by atoms with Gasteiger partial charge in [-0.3, -0.25) is 10.9 Å². The minimum atomic E-state index is 0.432. The van der Waals surface area contributed by atoms with Crippen LogP contribution in [-0.4, -0.2) is 10.2 Å². The number of aryl methyl sites for hydroxylation is 2. The molecule has 0 amide bonds. The summed E-state index contributed by atoms with van der Waals surface area (Å²) in [5, 5.41) is 7.00. The van der Waals surface area contributed by atoms with Crippen molar-refractivity contribution >= 4 is 40.3 Å². The third kappa shape index (κ3) is 5.01. The van der Waals surface area contributed by atoms with E-state index in [0.29, 0.717) is 16.8 Å². The molecule has 0 radical (unpaired) electrons. The van der Waals surface area contributed by atoms with Gasteiger partial charge in [-0.15, -0.1) is 0 Å². The van der Waals surface area contributed by atoms with E-state index in [1.807, 2.05) is 38.1 Å².